The molecule has 1 amide bonds. The Hall–Kier alpha value is -2.81. The zero-order valence-corrected chi connectivity index (χ0v) is 16.7. The van der Waals surface area contributed by atoms with E-state index in [1.54, 1.807) is 11.7 Å². The maximum Gasteiger partial charge on any atom is 0.270 e. The molecular weight excluding hydrogens is 410 g/mol. The van der Waals surface area contributed by atoms with Crippen molar-refractivity contribution in [3.05, 3.63) is 70.7 Å². The first-order chi connectivity index (χ1) is 13.6. The van der Waals surface area contributed by atoms with E-state index < -0.39 is 0 Å². The summed E-state index contributed by atoms with van der Waals surface area (Å²) in [5, 5.41) is 0.829. The number of hydrogen-bond acceptors (Lipinski definition) is 6. The number of nitrogens with one attached hydrogen (secondary N) is 1. The number of para-hydroxylation sites is 1. The number of carbonyl (C=O) groups is 2. The summed E-state index contributed by atoms with van der Waals surface area (Å²) in [6.45, 7) is 0. The van der Waals surface area contributed by atoms with Crippen molar-refractivity contribution >= 4 is 78.1 Å². The van der Waals surface area contributed by atoms with Crippen LogP contribution in [0, 0.1) is 0 Å². The van der Waals surface area contributed by atoms with Crippen LogP contribution in [0.4, 0.5) is 5.69 Å². The lowest BCUT2D eigenvalue weighted by atomic mass is 10.1. The maximum atomic E-state index is 12.9. The summed E-state index contributed by atoms with van der Waals surface area (Å²) in [6, 6.07) is 13.1. The van der Waals surface area contributed by atoms with Crippen molar-refractivity contribution in [3.8, 4) is 0 Å². The fraction of sp³-hybridized carbons (Fsp3) is 0. The Morgan fingerprint density at radius 1 is 1.21 bits per heavy atom. The number of amides is 1. The van der Waals surface area contributed by atoms with Gasteiger partial charge in [-0.1, -0.05) is 42.2 Å². The van der Waals surface area contributed by atoms with E-state index in [0.717, 1.165) is 32.9 Å². The fourth-order valence-electron chi connectivity index (χ4n) is 3.15. The molecule has 136 valence electrons. The molecule has 1 aliphatic rings. The number of fused-ring (bicyclic) bond motifs is 2. The van der Waals surface area contributed by atoms with E-state index in [1.807, 2.05) is 42.5 Å². The number of thioether (sulfide) groups is 1. The van der Waals surface area contributed by atoms with Crippen LogP contribution in [0.3, 0.4) is 0 Å². The third-order valence-electron chi connectivity index (χ3n) is 4.48. The second-order valence-corrected chi connectivity index (χ2v) is 8.70. The van der Waals surface area contributed by atoms with Crippen LogP contribution in [0.25, 0.3) is 21.1 Å². The molecule has 28 heavy (non-hydrogen) atoms. The molecule has 0 radical (unpaired) electrons. The second kappa shape index (κ2) is 6.66. The van der Waals surface area contributed by atoms with Crippen molar-refractivity contribution in [1.29, 1.82) is 0 Å². The Labute approximate surface area is 173 Å². The van der Waals surface area contributed by atoms with Gasteiger partial charge in [0.15, 0.2) is 10.1 Å². The highest BCUT2D eigenvalue weighted by Crippen LogP contribution is 2.36. The Bertz CT molecular complexity index is 1320. The summed E-state index contributed by atoms with van der Waals surface area (Å²) in [6.07, 6.45) is 3.04. The van der Waals surface area contributed by atoms with Crippen molar-refractivity contribution in [2.75, 3.05) is 4.90 Å². The molecule has 1 N–H and O–H groups in total. The van der Waals surface area contributed by atoms with Gasteiger partial charge in [0.25, 0.3) is 5.91 Å². The molecule has 0 bridgehead atoms. The van der Waals surface area contributed by atoms with Gasteiger partial charge in [-0.2, -0.15) is 0 Å². The van der Waals surface area contributed by atoms with Crippen LogP contribution in [-0.2, 0) is 4.79 Å². The average molecular weight is 422 g/mol. The molecule has 2 aromatic carbocycles. The van der Waals surface area contributed by atoms with Gasteiger partial charge in [-0.25, -0.2) is 4.98 Å². The molecule has 2 aromatic heterocycles. The summed E-state index contributed by atoms with van der Waals surface area (Å²) >= 11 is 8.05. The topological polar surface area (TPSA) is 66.1 Å². The normalized spacial score (nSPS) is 16.0. The lowest BCUT2D eigenvalue weighted by molar-refractivity contribution is -0.113. The van der Waals surface area contributed by atoms with Crippen LogP contribution in [0.15, 0.2) is 65.2 Å². The van der Waals surface area contributed by atoms with Crippen LogP contribution >= 0.6 is 35.3 Å². The van der Waals surface area contributed by atoms with E-state index >= 15 is 0 Å². The third kappa shape index (κ3) is 2.77. The fourth-order valence-corrected chi connectivity index (χ4v) is 5.13. The van der Waals surface area contributed by atoms with Crippen LogP contribution in [0.1, 0.15) is 10.4 Å². The van der Waals surface area contributed by atoms with Gasteiger partial charge in [-0.15, -0.1) is 11.3 Å². The van der Waals surface area contributed by atoms with Gasteiger partial charge in [0, 0.05) is 28.7 Å². The summed E-state index contributed by atoms with van der Waals surface area (Å²) in [4.78, 5) is 34.8. The van der Waals surface area contributed by atoms with E-state index in [-0.39, 0.29) is 11.7 Å². The van der Waals surface area contributed by atoms with Gasteiger partial charge < -0.3 is 4.98 Å². The molecule has 1 aliphatic heterocycles. The van der Waals surface area contributed by atoms with E-state index in [2.05, 4.69) is 9.97 Å². The number of thiazole rings is 1. The highest BCUT2D eigenvalue weighted by molar-refractivity contribution is 8.27. The Morgan fingerprint density at radius 2 is 2.07 bits per heavy atom. The predicted octanol–water partition coefficient (Wildman–Crippen LogP) is 4.91. The second-order valence-electron chi connectivity index (χ2n) is 6.13. The molecule has 0 saturated carbocycles. The summed E-state index contributed by atoms with van der Waals surface area (Å²) < 4.78 is 1.39. The van der Waals surface area contributed by atoms with Crippen molar-refractivity contribution < 1.29 is 9.59 Å². The number of thiocarbonyl (C=S) groups is 1. The molecule has 1 fully saturated rings. The molecule has 0 atom stereocenters. The average Bonchev–Trinajstić information content (AvgIpc) is 3.39. The van der Waals surface area contributed by atoms with E-state index in [0.29, 0.717) is 20.5 Å². The number of aromatic amines is 1. The van der Waals surface area contributed by atoms with Gasteiger partial charge in [0.2, 0.25) is 0 Å². The number of nitrogens with zero attached hydrogens (tertiary/aromatic N) is 2. The zero-order chi connectivity index (χ0) is 19.3. The minimum atomic E-state index is -0.285. The number of allylic oxidation sites excluding steroid dienone is 1. The number of H-pyrrole nitrogens is 1. The van der Waals surface area contributed by atoms with Gasteiger partial charge in [-0.05, 0) is 24.3 Å². The van der Waals surface area contributed by atoms with Gasteiger partial charge >= 0.3 is 0 Å². The maximum absolute atomic E-state index is 12.9. The number of rotatable bonds is 3. The molecule has 8 heteroatoms. The zero-order valence-electron chi connectivity index (χ0n) is 14.2. The number of aromatic nitrogens is 2. The summed E-state index contributed by atoms with van der Waals surface area (Å²) in [5.74, 6) is -0.511. The molecule has 0 aliphatic carbocycles. The Kier molecular flexibility index (Phi) is 4.12. The van der Waals surface area contributed by atoms with Crippen molar-refractivity contribution in [3.63, 3.8) is 0 Å². The number of anilines is 1. The lowest BCUT2D eigenvalue weighted by Crippen LogP contribution is -2.27. The number of hydrogen-bond donors (Lipinski definition) is 1. The Morgan fingerprint density at radius 3 is 2.96 bits per heavy atom. The smallest absolute Gasteiger partial charge is 0.270 e. The molecule has 0 spiro atoms. The first-order valence-electron chi connectivity index (χ1n) is 8.33. The minimum Gasteiger partial charge on any atom is -0.360 e. The molecule has 4 aromatic rings. The highest BCUT2D eigenvalue weighted by atomic mass is 32.2. The minimum absolute atomic E-state index is 0.226. The quantitative estimate of drug-likeness (QED) is 0.289. The van der Waals surface area contributed by atoms with E-state index in [9.17, 15) is 9.59 Å². The van der Waals surface area contributed by atoms with Crippen molar-refractivity contribution in [1.82, 2.24) is 9.97 Å². The molecule has 5 rings (SSSR count). The predicted molar refractivity (Wildman–Crippen MR) is 118 cm³/mol. The van der Waals surface area contributed by atoms with Crippen LogP contribution in [0.5, 0.6) is 0 Å². The van der Waals surface area contributed by atoms with Crippen LogP contribution < -0.4 is 4.90 Å². The van der Waals surface area contributed by atoms with Gasteiger partial charge in [0.05, 0.1) is 26.3 Å². The van der Waals surface area contributed by atoms with E-state index in [4.69, 9.17) is 12.2 Å². The van der Waals surface area contributed by atoms with Crippen LogP contribution in [-0.4, -0.2) is 26.0 Å². The summed E-state index contributed by atoms with van der Waals surface area (Å²) in [5.41, 5.74) is 4.74. The monoisotopic (exact) mass is 421 g/mol. The number of carbonyl (C=O) groups excluding carboxylic acids is 2. The summed E-state index contributed by atoms with van der Waals surface area (Å²) in [7, 11) is 0. The first kappa shape index (κ1) is 17.3. The standard InChI is InChI=1S/C20H11N3O2S3/c24-16(13-9-21-14-4-2-1-3-12(13)14)8-18-19(25)23(20(26)28-18)11-5-6-15-17(7-11)27-10-22-15/h1-10,21H/b18-8-. The molecule has 5 nitrogen and oxygen atoms in total. The first-order valence-corrected chi connectivity index (χ1v) is 10.4. The largest absolute Gasteiger partial charge is 0.360 e. The number of benzene rings is 2. The Balaban J connectivity index is 1.48. The SMILES string of the molecule is O=C(/C=C1\SC(=S)N(c2ccc3ncsc3c2)C1=O)c1c[nH]c2ccccc12. The lowest BCUT2D eigenvalue weighted by Gasteiger charge is -2.14. The molecule has 3 heterocycles. The molecular formula is C20H11N3O2S3. The van der Waals surface area contributed by atoms with E-state index in [1.165, 1.54) is 22.3 Å². The molecule has 1 saturated heterocycles. The van der Waals surface area contributed by atoms with Crippen LogP contribution in [0.2, 0.25) is 0 Å². The number of ketones is 1. The highest BCUT2D eigenvalue weighted by Gasteiger charge is 2.34. The third-order valence-corrected chi connectivity index (χ3v) is 6.58. The van der Waals surface area contributed by atoms with Gasteiger partial charge in [0.1, 0.15) is 0 Å². The van der Waals surface area contributed by atoms with Crippen molar-refractivity contribution in [2.45, 2.75) is 0 Å². The van der Waals surface area contributed by atoms with Gasteiger partial charge in [-0.3, -0.25) is 14.5 Å². The molecule has 0 unspecified atom stereocenters. The van der Waals surface area contributed by atoms with Crippen molar-refractivity contribution in [2.24, 2.45) is 0 Å².